The third kappa shape index (κ3) is 5.16. The number of carboxylic acids is 1. The number of rotatable bonds is 7. The van der Waals surface area contributed by atoms with Crippen molar-refractivity contribution in [1.29, 1.82) is 0 Å². The summed E-state index contributed by atoms with van der Waals surface area (Å²) in [4.78, 5) is 27.0. The molecule has 2 amide bonds. The van der Waals surface area contributed by atoms with Crippen LogP contribution in [0.15, 0.2) is 5.38 Å². The van der Waals surface area contributed by atoms with E-state index < -0.39 is 11.9 Å². The summed E-state index contributed by atoms with van der Waals surface area (Å²) in [6.07, 6.45) is 1.33. The highest BCUT2D eigenvalue weighted by molar-refractivity contribution is 7.09. The lowest BCUT2D eigenvalue weighted by Gasteiger charge is -2.15. The van der Waals surface area contributed by atoms with E-state index in [1.807, 2.05) is 26.2 Å². The minimum atomic E-state index is -0.879. The van der Waals surface area contributed by atoms with E-state index in [2.05, 4.69) is 15.6 Å². The molecule has 0 aliphatic carbocycles. The van der Waals surface area contributed by atoms with Crippen molar-refractivity contribution in [2.24, 2.45) is 5.92 Å². The van der Waals surface area contributed by atoms with Gasteiger partial charge in [0.25, 0.3) is 0 Å². The van der Waals surface area contributed by atoms with Gasteiger partial charge in [0.2, 0.25) is 0 Å². The van der Waals surface area contributed by atoms with Crippen LogP contribution in [-0.4, -0.2) is 28.6 Å². The Morgan fingerprint density at radius 2 is 2.20 bits per heavy atom. The van der Waals surface area contributed by atoms with Crippen molar-refractivity contribution in [2.75, 3.05) is 6.54 Å². The summed E-state index contributed by atoms with van der Waals surface area (Å²) in [6.45, 7) is 5.80. The zero-order valence-electron chi connectivity index (χ0n) is 12.0. The van der Waals surface area contributed by atoms with E-state index in [0.717, 1.165) is 17.1 Å². The molecule has 20 heavy (non-hydrogen) atoms. The lowest BCUT2D eigenvalue weighted by atomic mass is 10.0. The first-order chi connectivity index (χ1) is 9.43. The van der Waals surface area contributed by atoms with Gasteiger partial charge in [0.1, 0.15) is 5.01 Å². The van der Waals surface area contributed by atoms with Crippen molar-refractivity contribution in [3.8, 4) is 0 Å². The van der Waals surface area contributed by atoms with Gasteiger partial charge in [-0.1, -0.05) is 13.3 Å². The van der Waals surface area contributed by atoms with E-state index in [9.17, 15) is 9.59 Å². The van der Waals surface area contributed by atoms with Crippen molar-refractivity contribution in [3.05, 3.63) is 16.1 Å². The third-order valence-corrected chi connectivity index (χ3v) is 4.00. The van der Waals surface area contributed by atoms with Gasteiger partial charge in [-0.25, -0.2) is 9.78 Å². The molecular formula is C13H21N3O3S. The van der Waals surface area contributed by atoms with Gasteiger partial charge in [0.15, 0.2) is 0 Å². The van der Waals surface area contributed by atoms with Crippen molar-refractivity contribution < 1.29 is 14.7 Å². The van der Waals surface area contributed by atoms with Crippen LogP contribution in [0.25, 0.3) is 0 Å². The van der Waals surface area contributed by atoms with Gasteiger partial charge in [0, 0.05) is 17.6 Å². The Balaban J connectivity index is 2.41. The van der Waals surface area contributed by atoms with E-state index in [1.54, 1.807) is 0 Å². The smallest absolute Gasteiger partial charge is 0.315 e. The Morgan fingerprint density at radius 1 is 1.50 bits per heavy atom. The highest BCUT2D eigenvalue weighted by Gasteiger charge is 2.18. The van der Waals surface area contributed by atoms with Gasteiger partial charge >= 0.3 is 12.0 Å². The monoisotopic (exact) mass is 299 g/mol. The van der Waals surface area contributed by atoms with Crippen LogP contribution < -0.4 is 10.6 Å². The lowest BCUT2D eigenvalue weighted by Crippen LogP contribution is -2.40. The standard InChI is InChI=1S/C13H21N3O3S/c1-4-5-10(12(17)18)6-14-13(19)16-9(3)11-15-8(2)7-20-11/h7,9-10H,4-6H2,1-3H3,(H,17,18)(H2,14,16,19). The number of nitrogens with zero attached hydrogens (tertiary/aromatic N) is 1. The molecule has 3 N–H and O–H groups in total. The average Bonchev–Trinajstić information content (AvgIpc) is 2.80. The summed E-state index contributed by atoms with van der Waals surface area (Å²) < 4.78 is 0. The molecule has 0 saturated carbocycles. The Labute approximate surface area is 122 Å². The number of hydrogen-bond acceptors (Lipinski definition) is 4. The first-order valence-electron chi connectivity index (χ1n) is 6.63. The van der Waals surface area contributed by atoms with Crippen LogP contribution in [0.3, 0.4) is 0 Å². The fraction of sp³-hybridized carbons (Fsp3) is 0.615. The second-order valence-electron chi connectivity index (χ2n) is 4.73. The molecule has 0 aliphatic heterocycles. The van der Waals surface area contributed by atoms with Gasteiger partial charge in [-0.3, -0.25) is 4.79 Å². The van der Waals surface area contributed by atoms with E-state index >= 15 is 0 Å². The van der Waals surface area contributed by atoms with E-state index in [4.69, 9.17) is 5.11 Å². The quantitative estimate of drug-likeness (QED) is 0.720. The minimum Gasteiger partial charge on any atom is -0.481 e. The number of hydrogen-bond donors (Lipinski definition) is 3. The second-order valence-corrected chi connectivity index (χ2v) is 5.62. The number of aromatic nitrogens is 1. The van der Waals surface area contributed by atoms with Gasteiger partial charge in [-0.05, 0) is 20.3 Å². The Kier molecular flexibility index (Phi) is 6.44. The summed E-state index contributed by atoms with van der Waals surface area (Å²) in [5.41, 5.74) is 0.924. The maximum atomic E-state index is 11.7. The van der Waals surface area contributed by atoms with Crippen LogP contribution in [0, 0.1) is 12.8 Å². The molecular weight excluding hydrogens is 278 g/mol. The summed E-state index contributed by atoms with van der Waals surface area (Å²) in [7, 11) is 0. The first kappa shape index (κ1) is 16.4. The molecule has 2 unspecified atom stereocenters. The molecule has 0 radical (unpaired) electrons. The number of carboxylic acid groups (broad SMARTS) is 1. The normalized spacial score (nSPS) is 13.6. The highest BCUT2D eigenvalue weighted by Crippen LogP contribution is 2.17. The number of thiazole rings is 1. The molecule has 6 nitrogen and oxygen atoms in total. The van der Waals surface area contributed by atoms with Crippen LogP contribution in [-0.2, 0) is 4.79 Å². The topological polar surface area (TPSA) is 91.3 Å². The molecule has 1 aromatic rings. The van der Waals surface area contributed by atoms with E-state index in [1.165, 1.54) is 11.3 Å². The first-order valence-corrected chi connectivity index (χ1v) is 7.51. The number of carbonyl (C=O) groups excluding carboxylic acids is 1. The maximum Gasteiger partial charge on any atom is 0.315 e. The van der Waals surface area contributed by atoms with Gasteiger partial charge < -0.3 is 15.7 Å². The fourth-order valence-corrected chi connectivity index (χ4v) is 2.56. The van der Waals surface area contributed by atoms with E-state index in [-0.39, 0.29) is 18.6 Å². The Bertz CT molecular complexity index is 461. The van der Waals surface area contributed by atoms with Gasteiger partial charge in [-0.15, -0.1) is 11.3 Å². The summed E-state index contributed by atoms with van der Waals surface area (Å²) >= 11 is 1.49. The number of nitrogens with one attached hydrogen (secondary N) is 2. The Hall–Kier alpha value is -1.63. The average molecular weight is 299 g/mol. The third-order valence-electron chi connectivity index (χ3n) is 2.85. The predicted molar refractivity (Wildman–Crippen MR) is 77.8 cm³/mol. The summed E-state index contributed by atoms with van der Waals surface area (Å²) in [5, 5.41) is 17.1. The Morgan fingerprint density at radius 3 is 2.70 bits per heavy atom. The predicted octanol–water partition coefficient (Wildman–Crippen LogP) is 2.31. The molecule has 112 valence electrons. The van der Waals surface area contributed by atoms with Crippen molar-refractivity contribution in [1.82, 2.24) is 15.6 Å². The number of aliphatic carboxylic acids is 1. The van der Waals surface area contributed by atoms with Crippen LogP contribution in [0.4, 0.5) is 4.79 Å². The van der Waals surface area contributed by atoms with Crippen LogP contribution >= 0.6 is 11.3 Å². The van der Waals surface area contributed by atoms with Crippen molar-refractivity contribution in [2.45, 2.75) is 39.7 Å². The highest BCUT2D eigenvalue weighted by atomic mass is 32.1. The molecule has 0 saturated heterocycles. The van der Waals surface area contributed by atoms with Crippen molar-refractivity contribution >= 4 is 23.3 Å². The molecule has 1 rings (SSSR count). The van der Waals surface area contributed by atoms with Gasteiger partial charge in [0.05, 0.1) is 12.0 Å². The molecule has 1 aromatic heterocycles. The minimum absolute atomic E-state index is 0.138. The molecule has 0 spiro atoms. The molecule has 0 fully saturated rings. The summed E-state index contributed by atoms with van der Waals surface area (Å²) in [6, 6.07) is -0.559. The SMILES string of the molecule is CCCC(CNC(=O)NC(C)c1nc(C)cs1)C(=O)O. The largest absolute Gasteiger partial charge is 0.481 e. The van der Waals surface area contributed by atoms with Gasteiger partial charge in [-0.2, -0.15) is 0 Å². The molecule has 0 aliphatic rings. The fourth-order valence-electron chi connectivity index (χ4n) is 1.76. The number of urea groups is 1. The second kappa shape index (κ2) is 7.84. The lowest BCUT2D eigenvalue weighted by molar-refractivity contribution is -0.141. The molecule has 1 heterocycles. The number of aryl methyl sites for hydroxylation is 1. The maximum absolute atomic E-state index is 11.7. The molecule has 0 bridgehead atoms. The summed E-state index contributed by atoms with van der Waals surface area (Å²) in [5.74, 6) is -1.42. The van der Waals surface area contributed by atoms with Crippen molar-refractivity contribution in [3.63, 3.8) is 0 Å². The zero-order valence-corrected chi connectivity index (χ0v) is 12.8. The molecule has 7 heteroatoms. The molecule has 2 atom stereocenters. The van der Waals surface area contributed by atoms with E-state index in [0.29, 0.717) is 6.42 Å². The molecule has 0 aromatic carbocycles. The van der Waals surface area contributed by atoms with Crippen LogP contribution in [0.5, 0.6) is 0 Å². The zero-order chi connectivity index (χ0) is 15.1. The number of amides is 2. The van der Waals surface area contributed by atoms with Crippen LogP contribution in [0.2, 0.25) is 0 Å². The number of carbonyl (C=O) groups is 2. The van der Waals surface area contributed by atoms with Crippen LogP contribution in [0.1, 0.15) is 43.4 Å².